The molecule has 156 valence electrons. The largest absolute Gasteiger partial charge is 0.497 e. The molecule has 0 spiro atoms. The highest BCUT2D eigenvalue weighted by Gasteiger charge is 2.36. The van der Waals surface area contributed by atoms with E-state index in [-0.39, 0.29) is 11.8 Å². The van der Waals surface area contributed by atoms with E-state index in [1.807, 2.05) is 11.0 Å². The summed E-state index contributed by atoms with van der Waals surface area (Å²) < 4.78 is 12.9. The quantitative estimate of drug-likeness (QED) is 0.707. The molecule has 1 unspecified atom stereocenters. The van der Waals surface area contributed by atoms with Gasteiger partial charge < -0.3 is 14.4 Å². The lowest BCUT2D eigenvalue weighted by atomic mass is 9.98. The van der Waals surface area contributed by atoms with Crippen LogP contribution in [-0.2, 0) is 6.54 Å². The second-order valence-electron chi connectivity index (χ2n) is 8.68. The predicted octanol–water partition coefficient (Wildman–Crippen LogP) is 4.06. The smallest absolute Gasteiger partial charge is 0.257 e. The van der Waals surface area contributed by atoms with Gasteiger partial charge in [0.1, 0.15) is 11.5 Å². The SMILES string of the molecule is COc1cc(OC)cc(C2CCN(C(=O)c3cnn(CC(C)C)c3C3CC3)C2)c1. The average Bonchev–Trinajstić information content (AvgIpc) is 3.28. The van der Waals surface area contributed by atoms with Gasteiger partial charge in [-0.2, -0.15) is 5.10 Å². The molecule has 1 amide bonds. The van der Waals surface area contributed by atoms with Gasteiger partial charge in [0.05, 0.1) is 31.7 Å². The predicted molar refractivity (Wildman–Crippen MR) is 112 cm³/mol. The van der Waals surface area contributed by atoms with Crippen molar-refractivity contribution in [2.75, 3.05) is 27.3 Å². The van der Waals surface area contributed by atoms with Crippen LogP contribution in [-0.4, -0.2) is 47.9 Å². The summed E-state index contributed by atoms with van der Waals surface area (Å²) >= 11 is 0. The van der Waals surface area contributed by atoms with E-state index in [4.69, 9.17) is 9.47 Å². The van der Waals surface area contributed by atoms with Gasteiger partial charge in [-0.1, -0.05) is 13.8 Å². The van der Waals surface area contributed by atoms with Crippen molar-refractivity contribution in [1.29, 1.82) is 0 Å². The minimum Gasteiger partial charge on any atom is -0.497 e. The summed E-state index contributed by atoms with van der Waals surface area (Å²) in [7, 11) is 3.33. The topological polar surface area (TPSA) is 56.6 Å². The number of rotatable bonds is 7. The lowest BCUT2D eigenvalue weighted by Gasteiger charge is -2.18. The van der Waals surface area contributed by atoms with Crippen LogP contribution in [0.4, 0.5) is 0 Å². The van der Waals surface area contributed by atoms with Crippen molar-refractivity contribution >= 4 is 5.91 Å². The highest BCUT2D eigenvalue weighted by Crippen LogP contribution is 2.42. The van der Waals surface area contributed by atoms with Crippen molar-refractivity contribution in [2.45, 2.75) is 51.5 Å². The number of methoxy groups -OCH3 is 2. The minimum atomic E-state index is 0.124. The van der Waals surface area contributed by atoms with E-state index in [1.165, 1.54) is 0 Å². The van der Waals surface area contributed by atoms with Crippen LogP contribution in [0.3, 0.4) is 0 Å². The molecule has 0 N–H and O–H groups in total. The molecule has 0 bridgehead atoms. The Labute approximate surface area is 172 Å². The molecule has 29 heavy (non-hydrogen) atoms. The molecule has 2 aromatic rings. The van der Waals surface area contributed by atoms with Gasteiger partial charge in [0, 0.05) is 37.5 Å². The number of ether oxygens (including phenoxy) is 2. The van der Waals surface area contributed by atoms with Crippen molar-refractivity contribution in [1.82, 2.24) is 14.7 Å². The molecule has 2 fully saturated rings. The molecular weight excluding hydrogens is 366 g/mol. The molecule has 1 aliphatic carbocycles. The van der Waals surface area contributed by atoms with Crippen LogP contribution in [0.15, 0.2) is 24.4 Å². The number of likely N-dealkylation sites (tertiary alicyclic amines) is 1. The van der Waals surface area contributed by atoms with E-state index < -0.39 is 0 Å². The molecule has 2 aliphatic rings. The van der Waals surface area contributed by atoms with Gasteiger partial charge in [-0.05, 0) is 42.9 Å². The fourth-order valence-corrected chi connectivity index (χ4v) is 4.29. The fourth-order valence-electron chi connectivity index (χ4n) is 4.29. The van der Waals surface area contributed by atoms with Gasteiger partial charge in [0.25, 0.3) is 5.91 Å². The maximum atomic E-state index is 13.3. The molecule has 1 aromatic carbocycles. The number of hydrogen-bond acceptors (Lipinski definition) is 4. The first-order valence-corrected chi connectivity index (χ1v) is 10.6. The molecule has 1 saturated heterocycles. The van der Waals surface area contributed by atoms with E-state index >= 15 is 0 Å². The number of carbonyl (C=O) groups is 1. The van der Waals surface area contributed by atoms with Crippen LogP contribution in [0.5, 0.6) is 11.5 Å². The Balaban J connectivity index is 1.53. The standard InChI is InChI=1S/C23H31N3O3/c1-15(2)13-26-22(16-5-6-16)21(12-24-26)23(27)25-8-7-17(14-25)18-9-19(28-3)11-20(10-18)29-4/h9-12,15-17H,5-8,13-14H2,1-4H3. The second-order valence-corrected chi connectivity index (χ2v) is 8.68. The first-order chi connectivity index (χ1) is 14.0. The zero-order chi connectivity index (χ0) is 20.5. The molecule has 2 heterocycles. The summed E-state index contributed by atoms with van der Waals surface area (Å²) in [5.74, 6) is 2.99. The molecule has 6 nitrogen and oxygen atoms in total. The van der Waals surface area contributed by atoms with Gasteiger partial charge in [-0.25, -0.2) is 0 Å². The molecule has 1 aromatic heterocycles. The molecular formula is C23H31N3O3. The second kappa shape index (κ2) is 8.09. The van der Waals surface area contributed by atoms with Crippen molar-refractivity contribution in [3.8, 4) is 11.5 Å². The van der Waals surface area contributed by atoms with E-state index in [1.54, 1.807) is 20.4 Å². The summed E-state index contributed by atoms with van der Waals surface area (Å²) in [6.45, 7) is 6.73. The Morgan fingerprint density at radius 1 is 1.10 bits per heavy atom. The van der Waals surface area contributed by atoms with Crippen molar-refractivity contribution in [3.05, 3.63) is 41.2 Å². The zero-order valence-corrected chi connectivity index (χ0v) is 17.9. The Hall–Kier alpha value is -2.50. The third-order valence-corrected chi connectivity index (χ3v) is 5.93. The molecule has 6 heteroatoms. The van der Waals surface area contributed by atoms with Crippen LogP contribution in [0.2, 0.25) is 0 Å². The molecule has 1 atom stereocenters. The third kappa shape index (κ3) is 4.11. The normalized spacial score (nSPS) is 19.1. The van der Waals surface area contributed by atoms with Gasteiger partial charge in [0.2, 0.25) is 0 Å². The van der Waals surface area contributed by atoms with E-state index in [0.29, 0.717) is 18.4 Å². The lowest BCUT2D eigenvalue weighted by molar-refractivity contribution is 0.0789. The summed E-state index contributed by atoms with van der Waals surface area (Å²) in [6.07, 6.45) is 5.06. The van der Waals surface area contributed by atoms with E-state index in [2.05, 4.69) is 35.8 Å². The first kappa shape index (κ1) is 19.8. The Kier molecular flexibility index (Phi) is 5.52. The van der Waals surface area contributed by atoms with Crippen molar-refractivity contribution in [3.63, 3.8) is 0 Å². The fraction of sp³-hybridized carbons (Fsp3) is 0.565. The van der Waals surface area contributed by atoms with Crippen LogP contribution < -0.4 is 9.47 Å². The van der Waals surface area contributed by atoms with Crippen molar-refractivity contribution < 1.29 is 14.3 Å². The van der Waals surface area contributed by atoms with Crippen LogP contribution >= 0.6 is 0 Å². The van der Waals surface area contributed by atoms with E-state index in [9.17, 15) is 4.79 Å². The maximum absolute atomic E-state index is 13.3. The highest BCUT2D eigenvalue weighted by molar-refractivity contribution is 5.95. The van der Waals surface area contributed by atoms with Crippen LogP contribution in [0.25, 0.3) is 0 Å². The summed E-state index contributed by atoms with van der Waals surface area (Å²) in [5, 5.41) is 4.57. The number of nitrogens with zero attached hydrogens (tertiary/aromatic N) is 3. The van der Waals surface area contributed by atoms with Crippen LogP contribution in [0, 0.1) is 5.92 Å². The molecule has 4 rings (SSSR count). The number of carbonyl (C=O) groups excluding carboxylic acids is 1. The lowest BCUT2D eigenvalue weighted by Crippen LogP contribution is -2.29. The van der Waals surface area contributed by atoms with Gasteiger partial charge >= 0.3 is 0 Å². The monoisotopic (exact) mass is 397 g/mol. The van der Waals surface area contributed by atoms with Gasteiger partial charge in [-0.3, -0.25) is 9.48 Å². The summed E-state index contributed by atoms with van der Waals surface area (Å²) in [4.78, 5) is 15.3. The Morgan fingerprint density at radius 3 is 2.38 bits per heavy atom. The van der Waals surface area contributed by atoms with Gasteiger partial charge in [-0.15, -0.1) is 0 Å². The van der Waals surface area contributed by atoms with Gasteiger partial charge in [0.15, 0.2) is 0 Å². The Bertz CT molecular complexity index is 863. The van der Waals surface area contributed by atoms with Crippen LogP contribution in [0.1, 0.15) is 66.6 Å². The zero-order valence-electron chi connectivity index (χ0n) is 17.9. The van der Waals surface area contributed by atoms with E-state index in [0.717, 1.165) is 60.7 Å². The number of hydrogen-bond donors (Lipinski definition) is 0. The summed E-state index contributed by atoms with van der Waals surface area (Å²) in [5.41, 5.74) is 3.11. The third-order valence-electron chi connectivity index (χ3n) is 5.93. The molecule has 1 aliphatic heterocycles. The Morgan fingerprint density at radius 2 is 1.79 bits per heavy atom. The maximum Gasteiger partial charge on any atom is 0.257 e. The molecule has 1 saturated carbocycles. The molecule has 0 radical (unpaired) electrons. The minimum absolute atomic E-state index is 0.124. The van der Waals surface area contributed by atoms with Crippen molar-refractivity contribution in [2.24, 2.45) is 5.92 Å². The highest BCUT2D eigenvalue weighted by atomic mass is 16.5. The first-order valence-electron chi connectivity index (χ1n) is 10.6. The number of benzene rings is 1. The number of amides is 1. The summed E-state index contributed by atoms with van der Waals surface area (Å²) in [6, 6.07) is 5.99. The number of aromatic nitrogens is 2. The average molecular weight is 398 g/mol.